The van der Waals surface area contributed by atoms with Crippen molar-refractivity contribution in [3.63, 3.8) is 0 Å². The number of anilines is 1. The number of fused-ring (bicyclic) bond motifs is 1. The molecule has 0 radical (unpaired) electrons. The molecule has 0 unspecified atom stereocenters. The molecule has 1 N–H and O–H groups in total. The van der Waals surface area contributed by atoms with E-state index in [1.165, 1.54) is 18.6 Å². The largest absolute Gasteiger partial charge is 0.491 e. The zero-order chi connectivity index (χ0) is 25.8. The minimum atomic E-state index is -0.425. The minimum absolute atomic E-state index is 0.0213. The summed E-state index contributed by atoms with van der Waals surface area (Å²) in [5.74, 6) is -0.0751. The molecule has 1 saturated carbocycles. The lowest BCUT2D eigenvalue weighted by Crippen LogP contribution is -2.49. The summed E-state index contributed by atoms with van der Waals surface area (Å²) >= 11 is 0. The maximum atomic E-state index is 13.3. The molecule has 1 fully saturated rings. The van der Waals surface area contributed by atoms with Crippen LogP contribution in [0.2, 0.25) is 0 Å². The number of benzene rings is 1. The average Bonchev–Trinajstić information content (AvgIpc) is 3.73. The van der Waals surface area contributed by atoms with Crippen LogP contribution in [-0.2, 0) is 9.53 Å². The highest BCUT2D eigenvalue weighted by molar-refractivity contribution is 6.03. The predicted molar refractivity (Wildman–Crippen MR) is 133 cm³/mol. The van der Waals surface area contributed by atoms with Crippen molar-refractivity contribution in [3.8, 4) is 5.75 Å². The van der Waals surface area contributed by atoms with Crippen molar-refractivity contribution in [1.82, 2.24) is 19.8 Å². The summed E-state index contributed by atoms with van der Waals surface area (Å²) in [7, 11) is 3.35. The molecule has 192 valence electrons. The molecule has 36 heavy (non-hydrogen) atoms. The van der Waals surface area contributed by atoms with Gasteiger partial charge in [-0.25, -0.2) is 4.98 Å². The second-order valence-electron chi connectivity index (χ2n) is 9.62. The summed E-state index contributed by atoms with van der Waals surface area (Å²) in [6, 6.07) is 4.69. The van der Waals surface area contributed by atoms with E-state index in [9.17, 15) is 14.4 Å². The van der Waals surface area contributed by atoms with Crippen molar-refractivity contribution in [3.05, 3.63) is 48.0 Å². The molecule has 0 saturated heterocycles. The summed E-state index contributed by atoms with van der Waals surface area (Å²) in [4.78, 5) is 50.4. The Labute approximate surface area is 211 Å². The summed E-state index contributed by atoms with van der Waals surface area (Å²) in [5.41, 5.74) is 0.990. The van der Waals surface area contributed by atoms with Gasteiger partial charge in [-0.2, -0.15) is 0 Å². The maximum Gasteiger partial charge on any atom is 0.275 e. The summed E-state index contributed by atoms with van der Waals surface area (Å²) in [6.07, 6.45) is 5.89. The van der Waals surface area contributed by atoms with Crippen LogP contribution >= 0.6 is 0 Å². The van der Waals surface area contributed by atoms with E-state index in [4.69, 9.17) is 9.47 Å². The fourth-order valence-electron chi connectivity index (χ4n) is 4.33. The van der Waals surface area contributed by atoms with Gasteiger partial charge < -0.3 is 24.6 Å². The normalized spacial score (nSPS) is 23.1. The Morgan fingerprint density at radius 1 is 1.17 bits per heavy atom. The highest BCUT2D eigenvalue weighted by Crippen LogP contribution is 2.33. The fourth-order valence-corrected chi connectivity index (χ4v) is 4.33. The van der Waals surface area contributed by atoms with Gasteiger partial charge in [-0.1, -0.05) is 6.92 Å². The Bertz CT molecular complexity index is 1110. The molecular weight excluding hydrogens is 462 g/mol. The van der Waals surface area contributed by atoms with Crippen molar-refractivity contribution in [2.75, 3.05) is 39.2 Å². The number of rotatable bonds is 4. The van der Waals surface area contributed by atoms with Crippen LogP contribution in [0.25, 0.3) is 0 Å². The number of methoxy groups -OCH3 is 1. The van der Waals surface area contributed by atoms with E-state index in [0.29, 0.717) is 30.1 Å². The second kappa shape index (κ2) is 11.0. The number of nitrogens with zero attached hydrogens (tertiary/aromatic N) is 4. The number of hydrogen-bond donors (Lipinski definition) is 1. The first-order valence-electron chi connectivity index (χ1n) is 12.2. The summed E-state index contributed by atoms with van der Waals surface area (Å²) < 4.78 is 11.9. The van der Waals surface area contributed by atoms with Crippen LogP contribution in [0, 0.1) is 11.8 Å². The Balaban J connectivity index is 1.63. The van der Waals surface area contributed by atoms with Crippen LogP contribution < -0.4 is 10.1 Å². The van der Waals surface area contributed by atoms with Crippen LogP contribution in [0.1, 0.15) is 47.5 Å². The Morgan fingerprint density at radius 3 is 2.61 bits per heavy atom. The van der Waals surface area contributed by atoms with E-state index in [1.807, 2.05) is 18.7 Å². The van der Waals surface area contributed by atoms with Gasteiger partial charge >= 0.3 is 0 Å². The lowest BCUT2D eigenvalue weighted by Gasteiger charge is -2.36. The SMILES string of the molecule is CO[C@@H]1CN(C)C(=O)c2ccc(NC(=O)c3cnccn3)cc2OC[C@@H](C)N(C(=O)C2CC2)C[C@H]1C. The summed E-state index contributed by atoms with van der Waals surface area (Å²) in [6.45, 7) is 5.07. The molecule has 1 aliphatic heterocycles. The number of carbonyl (C=O) groups excluding carboxylic acids is 3. The van der Waals surface area contributed by atoms with Gasteiger partial charge in [0.2, 0.25) is 5.91 Å². The first-order chi connectivity index (χ1) is 17.3. The molecule has 1 aliphatic carbocycles. The smallest absolute Gasteiger partial charge is 0.275 e. The lowest BCUT2D eigenvalue weighted by molar-refractivity contribution is -0.136. The molecule has 2 heterocycles. The quantitative estimate of drug-likeness (QED) is 0.693. The molecule has 1 aromatic carbocycles. The van der Waals surface area contributed by atoms with Crippen molar-refractivity contribution in [2.24, 2.45) is 11.8 Å². The molecule has 1 aromatic heterocycles. The molecule has 4 rings (SSSR count). The molecule has 10 nitrogen and oxygen atoms in total. The van der Waals surface area contributed by atoms with Crippen molar-refractivity contribution in [1.29, 1.82) is 0 Å². The third-order valence-electron chi connectivity index (χ3n) is 6.71. The van der Waals surface area contributed by atoms with Crippen LogP contribution in [0.15, 0.2) is 36.8 Å². The number of likely N-dealkylation sites (N-methyl/N-ethyl adjacent to an activating group) is 1. The maximum absolute atomic E-state index is 13.3. The van der Waals surface area contributed by atoms with Gasteiger partial charge in [-0.15, -0.1) is 0 Å². The molecular formula is C26H33N5O5. The van der Waals surface area contributed by atoms with Crippen LogP contribution in [-0.4, -0.2) is 83.5 Å². The standard InChI is InChI=1S/C26H33N5O5/c1-16-13-31(25(33)18-5-6-18)17(2)15-36-22-11-19(29-24(32)21-12-27-9-10-28-21)7-8-20(22)26(34)30(3)14-23(16)35-4/h7-12,16-18,23H,5-6,13-15H2,1-4H3,(H,29,32)/t16-,17-,23-/m1/s1. The highest BCUT2D eigenvalue weighted by atomic mass is 16.5. The van der Waals surface area contributed by atoms with E-state index >= 15 is 0 Å². The topological polar surface area (TPSA) is 114 Å². The first kappa shape index (κ1) is 25.6. The Hall–Kier alpha value is -3.53. The van der Waals surface area contributed by atoms with Gasteiger partial charge in [0, 0.05) is 63.2 Å². The van der Waals surface area contributed by atoms with Gasteiger partial charge in [-0.3, -0.25) is 19.4 Å². The van der Waals surface area contributed by atoms with E-state index in [2.05, 4.69) is 15.3 Å². The third kappa shape index (κ3) is 5.81. The van der Waals surface area contributed by atoms with Gasteiger partial charge in [0.25, 0.3) is 11.8 Å². The predicted octanol–water partition coefficient (Wildman–Crippen LogP) is 2.47. The van der Waals surface area contributed by atoms with Gasteiger partial charge in [0.15, 0.2) is 0 Å². The molecule has 3 amide bonds. The third-order valence-corrected chi connectivity index (χ3v) is 6.71. The van der Waals surface area contributed by atoms with Crippen molar-refractivity contribution < 1.29 is 23.9 Å². The summed E-state index contributed by atoms with van der Waals surface area (Å²) in [5, 5.41) is 2.77. The van der Waals surface area contributed by atoms with E-state index < -0.39 is 5.91 Å². The highest BCUT2D eigenvalue weighted by Gasteiger charge is 2.37. The molecule has 10 heteroatoms. The number of carbonyl (C=O) groups is 3. The zero-order valence-electron chi connectivity index (χ0n) is 21.1. The number of aromatic nitrogens is 2. The van der Waals surface area contributed by atoms with Gasteiger partial charge in [0.05, 0.1) is 23.9 Å². The van der Waals surface area contributed by atoms with Crippen LogP contribution in [0.5, 0.6) is 5.75 Å². The van der Waals surface area contributed by atoms with Crippen molar-refractivity contribution >= 4 is 23.4 Å². The Morgan fingerprint density at radius 2 is 1.94 bits per heavy atom. The number of ether oxygens (including phenoxy) is 2. The van der Waals surface area contributed by atoms with E-state index in [-0.39, 0.29) is 48.1 Å². The minimum Gasteiger partial charge on any atom is -0.491 e. The second-order valence-corrected chi connectivity index (χ2v) is 9.62. The lowest BCUT2D eigenvalue weighted by atomic mass is 10.0. The molecule has 2 aliphatic rings. The Kier molecular flexibility index (Phi) is 7.83. The van der Waals surface area contributed by atoms with Crippen LogP contribution in [0.3, 0.4) is 0 Å². The zero-order valence-corrected chi connectivity index (χ0v) is 21.1. The van der Waals surface area contributed by atoms with Gasteiger partial charge in [0.1, 0.15) is 18.1 Å². The number of nitrogens with one attached hydrogen (secondary N) is 1. The number of amides is 3. The first-order valence-corrected chi connectivity index (χ1v) is 12.2. The van der Waals surface area contributed by atoms with Crippen molar-refractivity contribution in [2.45, 2.75) is 38.8 Å². The van der Waals surface area contributed by atoms with E-state index in [1.54, 1.807) is 37.3 Å². The monoisotopic (exact) mass is 495 g/mol. The fraction of sp³-hybridized carbons (Fsp3) is 0.500. The molecule has 0 bridgehead atoms. The average molecular weight is 496 g/mol. The van der Waals surface area contributed by atoms with Gasteiger partial charge in [-0.05, 0) is 31.9 Å². The molecule has 0 spiro atoms. The molecule has 3 atom stereocenters. The van der Waals surface area contributed by atoms with Crippen LogP contribution in [0.4, 0.5) is 5.69 Å². The van der Waals surface area contributed by atoms with E-state index in [0.717, 1.165) is 12.8 Å². The number of hydrogen-bond acceptors (Lipinski definition) is 7. The molecule has 2 aromatic rings.